The molecule has 3 rings (SSSR count). The van der Waals surface area contributed by atoms with Gasteiger partial charge < -0.3 is 5.32 Å². The maximum absolute atomic E-state index is 12.5. The summed E-state index contributed by atoms with van der Waals surface area (Å²) in [5, 5.41) is 8.56. The van der Waals surface area contributed by atoms with Gasteiger partial charge in [0.15, 0.2) is 0 Å². The molecule has 1 heterocycles. The first-order chi connectivity index (χ1) is 12.9. The molecule has 1 N–H and O–H groups in total. The molecule has 0 aliphatic carbocycles. The van der Waals surface area contributed by atoms with Gasteiger partial charge in [0.2, 0.25) is 5.91 Å². The normalized spacial score (nSPS) is 10.9. The van der Waals surface area contributed by atoms with Crippen molar-refractivity contribution in [2.75, 3.05) is 5.32 Å². The lowest BCUT2D eigenvalue weighted by molar-refractivity contribution is -0.116. The number of carbonyl (C=O) groups excluding carboxylic acids is 1. The Morgan fingerprint density at radius 3 is 2.48 bits per heavy atom. The zero-order valence-corrected chi connectivity index (χ0v) is 17.0. The summed E-state index contributed by atoms with van der Waals surface area (Å²) in [6, 6.07) is 13.6. The van der Waals surface area contributed by atoms with Crippen molar-refractivity contribution in [3.63, 3.8) is 0 Å². The first-order valence-corrected chi connectivity index (χ1v) is 9.48. The highest BCUT2D eigenvalue weighted by atomic mass is 35.5. The summed E-state index contributed by atoms with van der Waals surface area (Å²) < 4.78 is 1.85. The third kappa shape index (κ3) is 4.34. The number of carbonyl (C=O) groups is 1. The van der Waals surface area contributed by atoms with Crippen LogP contribution in [0.3, 0.4) is 0 Å². The van der Waals surface area contributed by atoms with E-state index >= 15 is 0 Å². The number of aryl methyl sites for hydroxylation is 3. The molecule has 140 valence electrons. The first kappa shape index (κ1) is 19.5. The molecule has 3 aromatic rings. The second kappa shape index (κ2) is 8.15. The molecule has 0 atom stereocenters. The average Bonchev–Trinajstić information content (AvgIpc) is 2.92. The van der Waals surface area contributed by atoms with Gasteiger partial charge in [0.25, 0.3) is 0 Å². The van der Waals surface area contributed by atoms with E-state index in [-0.39, 0.29) is 5.91 Å². The number of halogens is 2. The molecular formula is C21H21Cl2N3O. The number of nitrogens with one attached hydrogen (secondary N) is 1. The molecule has 0 bridgehead atoms. The Morgan fingerprint density at radius 2 is 1.78 bits per heavy atom. The van der Waals surface area contributed by atoms with Crippen LogP contribution in [0.5, 0.6) is 0 Å². The molecule has 0 fully saturated rings. The van der Waals surface area contributed by atoms with Crippen molar-refractivity contribution < 1.29 is 4.79 Å². The largest absolute Gasteiger partial charge is 0.323 e. The van der Waals surface area contributed by atoms with Crippen molar-refractivity contribution in [1.82, 2.24) is 9.78 Å². The second-order valence-electron chi connectivity index (χ2n) is 6.55. The topological polar surface area (TPSA) is 46.9 Å². The number of benzene rings is 2. The van der Waals surface area contributed by atoms with E-state index in [4.69, 9.17) is 23.2 Å². The quantitative estimate of drug-likeness (QED) is 0.597. The lowest BCUT2D eigenvalue weighted by atomic mass is 10.1. The number of hydrogen-bond donors (Lipinski definition) is 1. The summed E-state index contributed by atoms with van der Waals surface area (Å²) in [4.78, 5) is 12.5. The van der Waals surface area contributed by atoms with E-state index < -0.39 is 0 Å². The van der Waals surface area contributed by atoms with Gasteiger partial charge in [-0.05, 0) is 51.0 Å². The fourth-order valence-corrected chi connectivity index (χ4v) is 3.37. The molecular weight excluding hydrogens is 381 g/mol. The van der Waals surface area contributed by atoms with Crippen LogP contribution < -0.4 is 5.32 Å². The van der Waals surface area contributed by atoms with Crippen LogP contribution in [0.1, 0.15) is 28.9 Å². The number of anilines is 1. The monoisotopic (exact) mass is 401 g/mol. The summed E-state index contributed by atoms with van der Waals surface area (Å²) in [5.74, 6) is -0.0827. The molecule has 2 aromatic carbocycles. The number of rotatable bonds is 5. The predicted octanol–water partition coefficient (Wildman–Crippen LogP) is 5.68. The minimum Gasteiger partial charge on any atom is -0.323 e. The summed E-state index contributed by atoms with van der Waals surface area (Å²) >= 11 is 12.2. The minimum atomic E-state index is -0.0827. The van der Waals surface area contributed by atoms with Crippen LogP contribution in [0.4, 0.5) is 5.69 Å². The molecule has 0 saturated heterocycles. The Bertz CT molecular complexity index is 978. The second-order valence-corrected chi connectivity index (χ2v) is 7.34. The number of amides is 1. The highest BCUT2D eigenvalue weighted by molar-refractivity contribution is 6.42. The molecule has 27 heavy (non-hydrogen) atoms. The van der Waals surface area contributed by atoms with Crippen molar-refractivity contribution in [1.29, 1.82) is 0 Å². The molecule has 1 aromatic heterocycles. The molecule has 0 saturated carbocycles. The smallest absolute Gasteiger partial charge is 0.224 e. The van der Waals surface area contributed by atoms with Gasteiger partial charge in [-0.15, -0.1) is 0 Å². The van der Waals surface area contributed by atoms with Crippen molar-refractivity contribution >= 4 is 34.8 Å². The van der Waals surface area contributed by atoms with Crippen LogP contribution in [-0.4, -0.2) is 15.7 Å². The maximum Gasteiger partial charge on any atom is 0.224 e. The van der Waals surface area contributed by atoms with Gasteiger partial charge >= 0.3 is 0 Å². The molecule has 0 aliphatic heterocycles. The predicted molar refractivity (Wildman–Crippen MR) is 111 cm³/mol. The van der Waals surface area contributed by atoms with E-state index in [9.17, 15) is 4.79 Å². The van der Waals surface area contributed by atoms with E-state index in [0.29, 0.717) is 22.9 Å². The van der Waals surface area contributed by atoms with E-state index in [1.165, 1.54) is 5.56 Å². The molecule has 0 spiro atoms. The van der Waals surface area contributed by atoms with Gasteiger partial charge in [-0.3, -0.25) is 4.79 Å². The molecule has 0 radical (unpaired) electrons. The van der Waals surface area contributed by atoms with Gasteiger partial charge in [0, 0.05) is 6.42 Å². The lowest BCUT2D eigenvalue weighted by Crippen LogP contribution is -2.13. The molecule has 1 amide bonds. The fourth-order valence-electron chi connectivity index (χ4n) is 2.95. The Balaban J connectivity index is 1.73. The van der Waals surface area contributed by atoms with Crippen LogP contribution in [0.15, 0.2) is 42.5 Å². The van der Waals surface area contributed by atoms with E-state index in [1.54, 1.807) is 6.07 Å². The minimum absolute atomic E-state index is 0.0827. The molecule has 6 heteroatoms. The fraction of sp³-hybridized carbons (Fsp3) is 0.238. The van der Waals surface area contributed by atoms with Crippen molar-refractivity contribution in [2.45, 2.75) is 33.6 Å². The number of nitrogens with zero attached hydrogens (tertiary/aromatic N) is 2. The molecule has 0 unspecified atom stereocenters. The third-order valence-corrected chi connectivity index (χ3v) is 5.35. The van der Waals surface area contributed by atoms with Crippen molar-refractivity contribution in [3.8, 4) is 5.69 Å². The summed E-state index contributed by atoms with van der Waals surface area (Å²) in [6.45, 7) is 5.88. The average molecular weight is 402 g/mol. The Morgan fingerprint density at radius 1 is 1.07 bits per heavy atom. The lowest BCUT2D eigenvalue weighted by Gasteiger charge is -2.08. The Kier molecular flexibility index (Phi) is 5.88. The van der Waals surface area contributed by atoms with Crippen molar-refractivity contribution in [3.05, 3.63) is 75.0 Å². The van der Waals surface area contributed by atoms with Gasteiger partial charge in [-0.1, -0.05) is 53.0 Å². The van der Waals surface area contributed by atoms with Gasteiger partial charge in [-0.25, -0.2) is 4.68 Å². The van der Waals surface area contributed by atoms with E-state index in [2.05, 4.69) is 10.4 Å². The first-order valence-electron chi connectivity index (χ1n) is 8.73. The number of hydrogen-bond acceptors (Lipinski definition) is 2. The van der Waals surface area contributed by atoms with E-state index in [1.807, 2.05) is 61.9 Å². The van der Waals surface area contributed by atoms with Gasteiger partial charge in [0.05, 0.1) is 32.8 Å². The van der Waals surface area contributed by atoms with E-state index in [0.717, 1.165) is 28.3 Å². The highest BCUT2D eigenvalue weighted by Gasteiger charge is 2.16. The standard InChI is InChI=1S/C21H21Cl2N3O/c1-13-7-10-17(11-8-13)26-15(3)21(14(2)25-26)24-19(27)12-9-16-5-4-6-18(22)20(16)23/h4-8,10-11H,9,12H2,1-3H3,(H,24,27). The van der Waals surface area contributed by atoms with Gasteiger partial charge in [-0.2, -0.15) is 5.10 Å². The molecule has 4 nitrogen and oxygen atoms in total. The van der Waals surface area contributed by atoms with Crippen molar-refractivity contribution in [2.24, 2.45) is 0 Å². The zero-order valence-electron chi connectivity index (χ0n) is 15.5. The number of aromatic nitrogens is 2. The summed E-state index contributed by atoms with van der Waals surface area (Å²) in [6.07, 6.45) is 0.837. The Hall–Kier alpha value is -2.30. The van der Waals surface area contributed by atoms with Crippen LogP contribution in [-0.2, 0) is 11.2 Å². The molecule has 0 aliphatic rings. The zero-order chi connectivity index (χ0) is 19.6. The summed E-state index contributed by atoms with van der Waals surface area (Å²) in [7, 11) is 0. The van der Waals surface area contributed by atoms with Crippen LogP contribution in [0, 0.1) is 20.8 Å². The SMILES string of the molecule is Cc1ccc(-n2nc(C)c(NC(=O)CCc3cccc(Cl)c3Cl)c2C)cc1. The van der Waals surface area contributed by atoms with Crippen LogP contribution in [0.2, 0.25) is 10.0 Å². The summed E-state index contributed by atoms with van der Waals surface area (Å²) in [5.41, 5.74) is 5.44. The van der Waals surface area contributed by atoms with Crippen LogP contribution >= 0.6 is 23.2 Å². The Labute approximate surface area is 169 Å². The van der Waals surface area contributed by atoms with Crippen LogP contribution in [0.25, 0.3) is 5.69 Å². The third-order valence-electron chi connectivity index (χ3n) is 4.49. The van der Waals surface area contributed by atoms with Gasteiger partial charge in [0.1, 0.15) is 0 Å². The maximum atomic E-state index is 12.5. The highest BCUT2D eigenvalue weighted by Crippen LogP contribution is 2.27.